The minimum absolute atomic E-state index is 0. The summed E-state index contributed by atoms with van der Waals surface area (Å²) >= 11 is 0. The minimum Gasteiger partial charge on any atom is -0.366 e. The fourth-order valence-electron chi connectivity index (χ4n) is 2.05. The van der Waals surface area contributed by atoms with Gasteiger partial charge in [-0.3, -0.25) is 9.79 Å². The molecule has 0 aliphatic rings. The van der Waals surface area contributed by atoms with Crippen LogP contribution in [0.15, 0.2) is 39.8 Å². The Morgan fingerprint density at radius 2 is 1.88 bits per heavy atom. The van der Waals surface area contributed by atoms with Crippen molar-refractivity contribution in [3.05, 3.63) is 52.9 Å². The predicted octanol–water partition coefficient (Wildman–Crippen LogP) is 2.38. The van der Waals surface area contributed by atoms with E-state index >= 15 is 0 Å². The third-order valence-corrected chi connectivity index (χ3v) is 3.52. The van der Waals surface area contributed by atoms with Gasteiger partial charge in [-0.1, -0.05) is 31.1 Å². The number of hydrogen-bond donors (Lipinski definition) is 3. The average Bonchev–Trinajstić information content (AvgIpc) is 3.04. The first-order valence-corrected chi connectivity index (χ1v) is 7.78. The van der Waals surface area contributed by atoms with E-state index in [0.29, 0.717) is 30.5 Å². The molecule has 25 heavy (non-hydrogen) atoms. The maximum atomic E-state index is 11.1. The predicted molar refractivity (Wildman–Crippen MR) is 108 cm³/mol. The van der Waals surface area contributed by atoms with Crippen molar-refractivity contribution in [1.82, 2.24) is 15.8 Å². The van der Waals surface area contributed by atoms with Crippen molar-refractivity contribution in [3.8, 4) is 0 Å². The standard InChI is InChI=1S/C17H23N5O2.HI/c1-11(2)15-8-14(24-22-15)10-21-17(19-3)20-9-12-4-6-13(7-5-12)16(18)23;/h4-8,11H,9-10H2,1-3H3,(H2,18,23)(H2,19,20,21);1H. The van der Waals surface area contributed by atoms with Gasteiger partial charge in [-0.25, -0.2) is 0 Å². The second-order valence-electron chi connectivity index (χ2n) is 5.71. The highest BCUT2D eigenvalue weighted by molar-refractivity contribution is 14.0. The van der Waals surface area contributed by atoms with Gasteiger partial charge in [0.05, 0.1) is 12.2 Å². The number of halogens is 1. The molecule has 0 fully saturated rings. The van der Waals surface area contributed by atoms with Crippen molar-refractivity contribution in [2.24, 2.45) is 10.7 Å². The molecule has 0 saturated heterocycles. The molecule has 2 rings (SSSR count). The molecule has 1 aromatic carbocycles. The molecule has 0 aliphatic carbocycles. The van der Waals surface area contributed by atoms with E-state index in [1.165, 1.54) is 0 Å². The summed E-state index contributed by atoms with van der Waals surface area (Å²) in [6.45, 7) is 5.21. The Kier molecular flexibility index (Phi) is 8.39. The lowest BCUT2D eigenvalue weighted by Crippen LogP contribution is -2.36. The highest BCUT2D eigenvalue weighted by atomic mass is 127. The molecule has 0 aliphatic heterocycles. The monoisotopic (exact) mass is 457 g/mol. The number of nitrogens with two attached hydrogens (primary N) is 1. The van der Waals surface area contributed by atoms with Crippen molar-refractivity contribution in [2.75, 3.05) is 7.05 Å². The molecule has 4 N–H and O–H groups in total. The third-order valence-electron chi connectivity index (χ3n) is 3.52. The summed E-state index contributed by atoms with van der Waals surface area (Å²) in [6, 6.07) is 9.06. The van der Waals surface area contributed by atoms with Gasteiger partial charge in [0, 0.05) is 25.2 Å². The zero-order chi connectivity index (χ0) is 17.5. The zero-order valence-electron chi connectivity index (χ0n) is 14.6. The van der Waals surface area contributed by atoms with Crippen LogP contribution in [0, 0.1) is 0 Å². The molecule has 0 radical (unpaired) electrons. The molecule has 136 valence electrons. The Morgan fingerprint density at radius 3 is 2.40 bits per heavy atom. The number of hydrogen-bond acceptors (Lipinski definition) is 4. The highest BCUT2D eigenvalue weighted by Gasteiger charge is 2.08. The topological polar surface area (TPSA) is 106 Å². The van der Waals surface area contributed by atoms with Crippen LogP contribution in [0.1, 0.15) is 47.1 Å². The number of rotatable bonds is 6. The summed E-state index contributed by atoms with van der Waals surface area (Å²) in [5.41, 5.74) is 7.67. The van der Waals surface area contributed by atoms with Crippen LogP contribution in [0.25, 0.3) is 0 Å². The van der Waals surface area contributed by atoms with Crippen LogP contribution >= 0.6 is 24.0 Å². The van der Waals surface area contributed by atoms with E-state index < -0.39 is 5.91 Å². The van der Waals surface area contributed by atoms with Crippen LogP contribution < -0.4 is 16.4 Å². The fourth-order valence-corrected chi connectivity index (χ4v) is 2.05. The van der Waals surface area contributed by atoms with Gasteiger partial charge in [0.25, 0.3) is 0 Å². The molecular formula is C17H24IN5O2. The molecule has 0 bridgehead atoms. The first-order chi connectivity index (χ1) is 11.5. The average molecular weight is 457 g/mol. The lowest BCUT2D eigenvalue weighted by atomic mass is 10.1. The normalized spacial score (nSPS) is 11.1. The molecule has 1 amide bonds. The molecule has 1 aromatic heterocycles. The summed E-state index contributed by atoms with van der Waals surface area (Å²) in [6.07, 6.45) is 0. The Hall–Kier alpha value is -2.10. The van der Waals surface area contributed by atoms with Crippen LogP contribution in [0.5, 0.6) is 0 Å². The number of amides is 1. The highest BCUT2D eigenvalue weighted by Crippen LogP contribution is 2.13. The molecule has 0 atom stereocenters. The van der Waals surface area contributed by atoms with Gasteiger partial charge in [0.2, 0.25) is 5.91 Å². The first-order valence-electron chi connectivity index (χ1n) is 7.78. The van der Waals surface area contributed by atoms with Crippen LogP contribution in [0.4, 0.5) is 0 Å². The summed E-state index contributed by atoms with van der Waals surface area (Å²) in [5, 5.41) is 10.4. The molecule has 2 aromatic rings. The maximum absolute atomic E-state index is 11.1. The van der Waals surface area contributed by atoms with Crippen molar-refractivity contribution in [2.45, 2.75) is 32.9 Å². The van der Waals surface area contributed by atoms with E-state index in [9.17, 15) is 4.79 Å². The Bertz CT molecular complexity index is 710. The van der Waals surface area contributed by atoms with Gasteiger partial charge < -0.3 is 20.9 Å². The largest absolute Gasteiger partial charge is 0.366 e. The van der Waals surface area contributed by atoms with Crippen molar-refractivity contribution >= 4 is 35.8 Å². The molecule has 8 heteroatoms. The van der Waals surface area contributed by atoms with Crippen molar-refractivity contribution < 1.29 is 9.32 Å². The van der Waals surface area contributed by atoms with Gasteiger partial charge in [0.1, 0.15) is 0 Å². The second-order valence-corrected chi connectivity index (χ2v) is 5.71. The lowest BCUT2D eigenvalue weighted by molar-refractivity contribution is 0.100. The number of nitrogens with zero attached hydrogens (tertiary/aromatic N) is 2. The van der Waals surface area contributed by atoms with E-state index in [1.54, 1.807) is 19.2 Å². The number of aromatic nitrogens is 1. The summed E-state index contributed by atoms with van der Waals surface area (Å²) in [4.78, 5) is 15.2. The van der Waals surface area contributed by atoms with Gasteiger partial charge >= 0.3 is 0 Å². The van der Waals surface area contributed by atoms with E-state index in [2.05, 4.69) is 34.6 Å². The Balaban J connectivity index is 0.00000312. The number of primary amides is 1. The van der Waals surface area contributed by atoms with E-state index in [-0.39, 0.29) is 24.0 Å². The smallest absolute Gasteiger partial charge is 0.248 e. The number of carbonyl (C=O) groups is 1. The molecule has 1 heterocycles. The molecule has 7 nitrogen and oxygen atoms in total. The van der Waals surface area contributed by atoms with Gasteiger partial charge in [0.15, 0.2) is 11.7 Å². The summed E-state index contributed by atoms with van der Waals surface area (Å²) in [7, 11) is 1.70. The van der Waals surface area contributed by atoms with Crippen LogP contribution in [-0.4, -0.2) is 24.1 Å². The minimum atomic E-state index is -0.431. The molecule has 0 unspecified atom stereocenters. The van der Waals surface area contributed by atoms with E-state index in [1.807, 2.05) is 18.2 Å². The molecule has 0 saturated carbocycles. The second kappa shape index (κ2) is 10.0. The van der Waals surface area contributed by atoms with Crippen LogP contribution in [0.3, 0.4) is 0 Å². The van der Waals surface area contributed by atoms with Gasteiger partial charge in [-0.05, 0) is 23.6 Å². The number of guanidine groups is 1. The SMILES string of the molecule is CN=C(NCc1ccc(C(N)=O)cc1)NCc1cc(C(C)C)no1.I. The van der Waals surface area contributed by atoms with Gasteiger partial charge in [-0.15, -0.1) is 24.0 Å². The fraction of sp³-hybridized carbons (Fsp3) is 0.353. The third kappa shape index (κ3) is 6.37. The Labute approximate surface area is 164 Å². The van der Waals surface area contributed by atoms with Gasteiger partial charge in [-0.2, -0.15) is 0 Å². The number of benzene rings is 1. The molecular weight excluding hydrogens is 433 g/mol. The van der Waals surface area contributed by atoms with E-state index in [0.717, 1.165) is 17.0 Å². The number of aliphatic imine (C=N–C) groups is 1. The van der Waals surface area contributed by atoms with Crippen molar-refractivity contribution in [3.63, 3.8) is 0 Å². The molecule has 0 spiro atoms. The Morgan fingerprint density at radius 1 is 1.24 bits per heavy atom. The maximum Gasteiger partial charge on any atom is 0.248 e. The quantitative estimate of drug-likeness (QED) is 0.351. The summed E-state index contributed by atoms with van der Waals surface area (Å²) in [5.74, 6) is 1.31. The van der Waals surface area contributed by atoms with E-state index in [4.69, 9.17) is 10.3 Å². The number of carbonyl (C=O) groups excluding carboxylic acids is 1. The van der Waals surface area contributed by atoms with Crippen molar-refractivity contribution in [1.29, 1.82) is 0 Å². The first kappa shape index (κ1) is 20.9. The summed E-state index contributed by atoms with van der Waals surface area (Å²) < 4.78 is 5.28. The zero-order valence-corrected chi connectivity index (χ0v) is 16.9. The van der Waals surface area contributed by atoms with Crippen LogP contribution in [0.2, 0.25) is 0 Å². The lowest BCUT2D eigenvalue weighted by Gasteiger charge is -2.11. The number of nitrogens with one attached hydrogen (secondary N) is 2. The van der Waals surface area contributed by atoms with Crippen LogP contribution in [-0.2, 0) is 13.1 Å².